The van der Waals surface area contributed by atoms with E-state index in [1.807, 2.05) is 0 Å². The summed E-state index contributed by atoms with van der Waals surface area (Å²) >= 11 is 0. The van der Waals surface area contributed by atoms with Gasteiger partial charge in [-0.2, -0.15) is 22.0 Å². The minimum absolute atomic E-state index is 0.0530. The molecule has 0 N–H and O–H groups in total. The molecule has 4 rings (SSSR count). The number of carbonyl (C=O) groups is 1. The Bertz CT molecular complexity index is 911. The molecule has 8 unspecified atom stereocenters. The monoisotopic (exact) mass is 560 g/mol. The van der Waals surface area contributed by atoms with Gasteiger partial charge in [0, 0.05) is 12.8 Å². The van der Waals surface area contributed by atoms with E-state index in [-0.39, 0.29) is 5.41 Å². The number of rotatable bonds is 9. The van der Waals surface area contributed by atoms with Crippen molar-refractivity contribution in [2.75, 3.05) is 0 Å². The number of ether oxygens (including phenoxy) is 1. The van der Waals surface area contributed by atoms with E-state index in [0.29, 0.717) is 30.1 Å². The van der Waals surface area contributed by atoms with Crippen molar-refractivity contribution in [1.29, 1.82) is 0 Å². The molecule has 0 heterocycles. The molecule has 39 heavy (non-hydrogen) atoms. The number of fused-ring (bicyclic) bond motifs is 5. The number of carbonyl (C=O) groups excluding carboxylic acids is 1. The molecule has 7 heteroatoms. The Balaban J connectivity index is 1.37. The first kappa shape index (κ1) is 30.8. The zero-order chi connectivity index (χ0) is 28.8. The molecule has 0 aromatic rings. The summed E-state index contributed by atoms with van der Waals surface area (Å²) in [6.45, 7) is 12.0. The van der Waals surface area contributed by atoms with E-state index in [9.17, 15) is 26.7 Å². The summed E-state index contributed by atoms with van der Waals surface area (Å²) < 4.78 is 69.2. The maximum atomic E-state index is 13.2. The highest BCUT2D eigenvalue weighted by Crippen LogP contribution is 2.67. The van der Waals surface area contributed by atoms with Gasteiger partial charge in [0.1, 0.15) is 6.10 Å². The number of esters is 1. The van der Waals surface area contributed by atoms with Crippen LogP contribution in [0.15, 0.2) is 11.6 Å². The molecule has 4 aliphatic carbocycles. The van der Waals surface area contributed by atoms with Gasteiger partial charge in [0.25, 0.3) is 0 Å². The van der Waals surface area contributed by atoms with Gasteiger partial charge in [-0.1, -0.05) is 65.5 Å². The molecule has 3 saturated carbocycles. The summed E-state index contributed by atoms with van der Waals surface area (Å²) in [5.41, 5.74) is 1.76. The Kier molecular flexibility index (Phi) is 8.90. The van der Waals surface area contributed by atoms with Gasteiger partial charge < -0.3 is 4.74 Å². The fourth-order valence-electron chi connectivity index (χ4n) is 9.40. The Morgan fingerprint density at radius 3 is 2.38 bits per heavy atom. The summed E-state index contributed by atoms with van der Waals surface area (Å²) in [5, 5.41) is 0. The van der Waals surface area contributed by atoms with Crippen LogP contribution in [0, 0.1) is 46.3 Å². The predicted molar refractivity (Wildman–Crippen MR) is 143 cm³/mol. The van der Waals surface area contributed by atoms with Crippen LogP contribution in [0.3, 0.4) is 0 Å². The summed E-state index contributed by atoms with van der Waals surface area (Å²) in [7, 11) is 0. The van der Waals surface area contributed by atoms with Gasteiger partial charge in [-0.15, -0.1) is 0 Å². The van der Waals surface area contributed by atoms with Crippen molar-refractivity contribution in [2.45, 2.75) is 136 Å². The fourth-order valence-corrected chi connectivity index (χ4v) is 9.40. The van der Waals surface area contributed by atoms with Gasteiger partial charge in [0.2, 0.25) is 0 Å². The number of hydrogen-bond donors (Lipinski definition) is 0. The first-order chi connectivity index (χ1) is 18.1. The molecular weight excluding hydrogens is 511 g/mol. The van der Waals surface area contributed by atoms with Gasteiger partial charge >= 0.3 is 18.1 Å². The largest absolute Gasteiger partial charge is 0.462 e. The molecule has 0 radical (unpaired) electrons. The number of halogens is 5. The number of allylic oxidation sites excluding steroid dienone is 1. The van der Waals surface area contributed by atoms with Crippen LogP contribution in [0.1, 0.15) is 118 Å². The Morgan fingerprint density at radius 1 is 1.00 bits per heavy atom. The van der Waals surface area contributed by atoms with Crippen LogP contribution < -0.4 is 0 Å². The lowest BCUT2D eigenvalue weighted by atomic mass is 9.47. The highest BCUT2D eigenvalue weighted by Gasteiger charge is 2.59. The van der Waals surface area contributed by atoms with Crippen molar-refractivity contribution in [1.82, 2.24) is 0 Å². The second-order valence-electron chi connectivity index (χ2n) is 14.3. The molecule has 0 spiro atoms. The second kappa shape index (κ2) is 11.3. The Morgan fingerprint density at radius 2 is 1.72 bits per heavy atom. The molecule has 0 amide bonds. The molecule has 0 bridgehead atoms. The van der Waals surface area contributed by atoms with Crippen molar-refractivity contribution < 1.29 is 31.5 Å². The van der Waals surface area contributed by atoms with Crippen molar-refractivity contribution in [2.24, 2.45) is 46.3 Å². The third kappa shape index (κ3) is 6.08. The fraction of sp³-hybridized carbons (Fsp3) is 0.906. The molecule has 0 aliphatic heterocycles. The summed E-state index contributed by atoms with van der Waals surface area (Å²) in [6.07, 6.45) is 6.01. The lowest BCUT2D eigenvalue weighted by Gasteiger charge is -2.58. The average Bonchev–Trinajstić information content (AvgIpc) is 3.19. The third-order valence-electron chi connectivity index (χ3n) is 11.6. The van der Waals surface area contributed by atoms with Gasteiger partial charge in [0.15, 0.2) is 0 Å². The van der Waals surface area contributed by atoms with Crippen molar-refractivity contribution in [3.63, 3.8) is 0 Å². The summed E-state index contributed by atoms with van der Waals surface area (Å²) in [5.74, 6) is -1.49. The predicted octanol–water partition coefficient (Wildman–Crippen LogP) is 9.92. The first-order valence-electron chi connectivity index (χ1n) is 15.4. The summed E-state index contributed by atoms with van der Waals surface area (Å²) in [6, 6.07) is 0. The van der Waals surface area contributed by atoms with Crippen molar-refractivity contribution in [3.8, 4) is 0 Å². The maximum absolute atomic E-state index is 13.2. The van der Waals surface area contributed by atoms with Crippen LogP contribution in [-0.4, -0.2) is 24.2 Å². The molecule has 8 atom stereocenters. The zero-order valence-corrected chi connectivity index (χ0v) is 24.5. The van der Waals surface area contributed by atoms with E-state index in [1.165, 1.54) is 50.5 Å². The molecule has 0 saturated heterocycles. The minimum atomic E-state index is -5.65. The highest BCUT2D eigenvalue weighted by molar-refractivity contribution is 5.69. The van der Waals surface area contributed by atoms with Crippen LogP contribution in [0.4, 0.5) is 22.0 Å². The van der Waals surface area contributed by atoms with E-state index in [0.717, 1.165) is 36.5 Å². The van der Waals surface area contributed by atoms with E-state index in [1.54, 1.807) is 0 Å². The van der Waals surface area contributed by atoms with Gasteiger partial charge in [-0.05, 0) is 91.3 Å². The zero-order valence-electron chi connectivity index (χ0n) is 24.5. The molecule has 224 valence electrons. The first-order valence-corrected chi connectivity index (χ1v) is 15.4. The number of alkyl halides is 5. The highest BCUT2D eigenvalue weighted by atomic mass is 19.4. The maximum Gasteiger partial charge on any atom is 0.453 e. The van der Waals surface area contributed by atoms with E-state index in [4.69, 9.17) is 4.74 Å². The van der Waals surface area contributed by atoms with Gasteiger partial charge in [-0.3, -0.25) is 4.79 Å². The van der Waals surface area contributed by atoms with E-state index < -0.39 is 37.0 Å². The topological polar surface area (TPSA) is 26.3 Å². The van der Waals surface area contributed by atoms with Crippen LogP contribution in [0.5, 0.6) is 0 Å². The molecule has 0 aromatic heterocycles. The average molecular weight is 561 g/mol. The van der Waals surface area contributed by atoms with E-state index in [2.05, 4.69) is 40.7 Å². The molecular formula is C32H49F5O2. The van der Waals surface area contributed by atoms with Crippen LogP contribution >= 0.6 is 0 Å². The SMILES string of the molecule is CC(C)CCCC(C)C1CCC2C3CC=C4CC(OC(=O)CCC(F)(F)C(F)(F)F)CCC4(C)C3CCC12C. The minimum Gasteiger partial charge on any atom is -0.462 e. The molecule has 3 fully saturated rings. The molecule has 0 aromatic carbocycles. The normalized spacial score (nSPS) is 37.5. The standard InChI is InChI=1S/C32H49F5O2/c1-20(2)7-6-8-21(3)25-11-12-26-24-10-9-22-19-23(39-28(38)15-18-31(33,34)32(35,36)37)13-16-29(22,4)27(24)14-17-30(25,26)5/h9,20-21,23-27H,6-8,10-19H2,1-5H3. The lowest BCUT2D eigenvalue weighted by molar-refractivity contribution is -0.284. The van der Waals surface area contributed by atoms with Crippen LogP contribution in [0.2, 0.25) is 0 Å². The van der Waals surface area contributed by atoms with Crippen molar-refractivity contribution >= 4 is 5.97 Å². The van der Waals surface area contributed by atoms with Gasteiger partial charge in [-0.25, -0.2) is 0 Å². The quantitative estimate of drug-likeness (QED) is 0.159. The van der Waals surface area contributed by atoms with E-state index >= 15 is 0 Å². The van der Waals surface area contributed by atoms with Gasteiger partial charge in [0.05, 0.1) is 6.42 Å². The molecule has 4 aliphatic rings. The van der Waals surface area contributed by atoms with Crippen LogP contribution in [0.25, 0.3) is 0 Å². The number of hydrogen-bond acceptors (Lipinski definition) is 2. The molecule has 2 nitrogen and oxygen atoms in total. The summed E-state index contributed by atoms with van der Waals surface area (Å²) in [4.78, 5) is 12.2. The van der Waals surface area contributed by atoms with Crippen LogP contribution in [-0.2, 0) is 9.53 Å². The van der Waals surface area contributed by atoms with Crippen molar-refractivity contribution in [3.05, 3.63) is 11.6 Å². The smallest absolute Gasteiger partial charge is 0.453 e. The second-order valence-corrected chi connectivity index (χ2v) is 14.3. The Hall–Kier alpha value is -1.14. The lowest BCUT2D eigenvalue weighted by Crippen LogP contribution is -2.51. The third-order valence-corrected chi connectivity index (χ3v) is 11.6. The Labute approximate surface area is 231 Å².